The number of nitrogens with one attached hydrogen (secondary N) is 1. The number of anilines is 2. The predicted molar refractivity (Wildman–Crippen MR) is 106 cm³/mol. The number of hydrogen-bond donors (Lipinski definition) is 1. The Labute approximate surface area is 157 Å². The van der Waals surface area contributed by atoms with Crippen LogP contribution in [0.1, 0.15) is 18.4 Å². The van der Waals surface area contributed by atoms with Crippen LogP contribution in [0.25, 0.3) is 17.2 Å². The Balaban J connectivity index is 1.43. The third-order valence-electron chi connectivity index (χ3n) is 4.56. The van der Waals surface area contributed by atoms with Crippen LogP contribution in [0.3, 0.4) is 0 Å². The molecule has 3 aromatic rings. The van der Waals surface area contributed by atoms with Gasteiger partial charge < -0.3 is 19.4 Å². The molecular weight excluding hydrogens is 342 g/mol. The summed E-state index contributed by atoms with van der Waals surface area (Å²) < 4.78 is 10.9. The van der Waals surface area contributed by atoms with E-state index in [0.717, 1.165) is 35.5 Å². The van der Waals surface area contributed by atoms with Gasteiger partial charge in [0.15, 0.2) is 5.58 Å². The summed E-state index contributed by atoms with van der Waals surface area (Å²) in [7, 11) is 1.62. The van der Waals surface area contributed by atoms with Gasteiger partial charge in [-0.05, 0) is 54.8 Å². The number of amides is 1. The maximum atomic E-state index is 12.2. The van der Waals surface area contributed by atoms with Crippen LogP contribution in [0.4, 0.5) is 11.7 Å². The molecule has 1 aromatic heterocycles. The van der Waals surface area contributed by atoms with E-state index in [1.807, 2.05) is 42.5 Å². The summed E-state index contributed by atoms with van der Waals surface area (Å²) in [6, 6.07) is 13.6. The highest BCUT2D eigenvalue weighted by Crippen LogP contribution is 2.26. The molecule has 138 valence electrons. The van der Waals surface area contributed by atoms with Crippen LogP contribution in [-0.2, 0) is 4.79 Å². The topological polar surface area (TPSA) is 67.6 Å². The molecule has 0 saturated carbocycles. The minimum Gasteiger partial charge on any atom is -0.497 e. The number of oxazole rings is 1. The van der Waals surface area contributed by atoms with Crippen molar-refractivity contribution in [2.45, 2.75) is 12.8 Å². The van der Waals surface area contributed by atoms with Crippen LogP contribution in [0.5, 0.6) is 5.75 Å². The first-order valence-electron chi connectivity index (χ1n) is 9.00. The third kappa shape index (κ3) is 3.95. The molecule has 6 nitrogen and oxygen atoms in total. The van der Waals surface area contributed by atoms with Crippen molar-refractivity contribution in [3.63, 3.8) is 0 Å². The smallest absolute Gasteiger partial charge is 0.298 e. The molecule has 0 aliphatic carbocycles. The molecule has 1 saturated heterocycles. The Bertz CT molecular complexity index is 970. The van der Waals surface area contributed by atoms with Crippen LogP contribution >= 0.6 is 0 Å². The van der Waals surface area contributed by atoms with Gasteiger partial charge in [0.2, 0.25) is 5.91 Å². The molecule has 6 heteroatoms. The zero-order chi connectivity index (χ0) is 18.6. The van der Waals surface area contributed by atoms with Gasteiger partial charge in [0.05, 0.1) is 7.11 Å². The second kappa shape index (κ2) is 7.53. The quantitative estimate of drug-likeness (QED) is 0.692. The van der Waals surface area contributed by atoms with Crippen LogP contribution in [-0.4, -0.2) is 31.1 Å². The van der Waals surface area contributed by atoms with E-state index in [4.69, 9.17) is 9.15 Å². The van der Waals surface area contributed by atoms with Gasteiger partial charge in [0.1, 0.15) is 11.3 Å². The highest BCUT2D eigenvalue weighted by molar-refractivity contribution is 6.02. The van der Waals surface area contributed by atoms with E-state index in [1.165, 1.54) is 18.9 Å². The zero-order valence-electron chi connectivity index (χ0n) is 15.1. The average Bonchev–Trinajstić information content (AvgIpc) is 3.36. The van der Waals surface area contributed by atoms with Crippen molar-refractivity contribution < 1.29 is 13.9 Å². The van der Waals surface area contributed by atoms with Crippen LogP contribution < -0.4 is 15.0 Å². The van der Waals surface area contributed by atoms with E-state index in [0.29, 0.717) is 11.7 Å². The zero-order valence-corrected chi connectivity index (χ0v) is 15.1. The maximum Gasteiger partial charge on any atom is 0.298 e. The lowest BCUT2D eigenvalue weighted by Crippen LogP contribution is -2.17. The number of carbonyl (C=O) groups excluding carboxylic acids is 1. The van der Waals surface area contributed by atoms with Gasteiger partial charge in [0.25, 0.3) is 6.01 Å². The number of benzene rings is 2. The SMILES string of the molecule is COc1ccc(/C=C/C(=O)Nc2ccc3oc(N4CCCC4)nc3c2)cc1. The number of methoxy groups -OCH3 is 1. The summed E-state index contributed by atoms with van der Waals surface area (Å²) in [5.41, 5.74) is 3.08. The fourth-order valence-electron chi connectivity index (χ4n) is 3.11. The van der Waals surface area contributed by atoms with Gasteiger partial charge in [-0.15, -0.1) is 0 Å². The van der Waals surface area contributed by atoms with Crippen molar-refractivity contribution in [2.75, 3.05) is 30.4 Å². The summed E-state index contributed by atoms with van der Waals surface area (Å²) >= 11 is 0. The summed E-state index contributed by atoms with van der Waals surface area (Å²) in [6.07, 6.45) is 5.60. The van der Waals surface area contributed by atoms with Gasteiger partial charge in [-0.2, -0.15) is 4.98 Å². The summed E-state index contributed by atoms with van der Waals surface area (Å²) in [4.78, 5) is 18.9. The van der Waals surface area contributed by atoms with Gasteiger partial charge in [-0.3, -0.25) is 4.79 Å². The van der Waals surface area contributed by atoms with Gasteiger partial charge in [-0.25, -0.2) is 0 Å². The van der Waals surface area contributed by atoms with Crippen molar-refractivity contribution in [1.82, 2.24) is 4.98 Å². The normalized spacial score (nSPS) is 14.2. The fraction of sp³-hybridized carbons (Fsp3) is 0.238. The Morgan fingerprint density at radius 3 is 2.70 bits per heavy atom. The number of nitrogens with zero attached hydrogens (tertiary/aromatic N) is 2. The minimum atomic E-state index is -0.201. The lowest BCUT2D eigenvalue weighted by atomic mass is 10.2. The first kappa shape index (κ1) is 17.1. The van der Waals surface area contributed by atoms with E-state index < -0.39 is 0 Å². The third-order valence-corrected chi connectivity index (χ3v) is 4.56. The van der Waals surface area contributed by atoms with Gasteiger partial charge >= 0.3 is 0 Å². The van der Waals surface area contributed by atoms with Crippen molar-refractivity contribution in [3.05, 3.63) is 54.1 Å². The fourth-order valence-corrected chi connectivity index (χ4v) is 3.11. The highest BCUT2D eigenvalue weighted by Gasteiger charge is 2.18. The lowest BCUT2D eigenvalue weighted by Gasteiger charge is -2.10. The monoisotopic (exact) mass is 363 g/mol. The van der Waals surface area contributed by atoms with Gasteiger partial charge in [0, 0.05) is 24.9 Å². The summed E-state index contributed by atoms with van der Waals surface area (Å²) in [6.45, 7) is 1.96. The summed E-state index contributed by atoms with van der Waals surface area (Å²) in [5.74, 6) is 0.583. The molecular formula is C21H21N3O3. The lowest BCUT2D eigenvalue weighted by molar-refractivity contribution is -0.111. The molecule has 0 spiro atoms. The van der Waals surface area contributed by atoms with Crippen molar-refractivity contribution in [3.8, 4) is 5.75 Å². The molecule has 1 N–H and O–H groups in total. The molecule has 0 atom stereocenters. The van der Waals surface area contributed by atoms with Crippen molar-refractivity contribution in [2.24, 2.45) is 0 Å². The van der Waals surface area contributed by atoms with Crippen LogP contribution in [0, 0.1) is 0 Å². The largest absolute Gasteiger partial charge is 0.497 e. The van der Waals surface area contributed by atoms with E-state index in [1.54, 1.807) is 13.2 Å². The van der Waals surface area contributed by atoms with Crippen molar-refractivity contribution >= 4 is 34.8 Å². The number of rotatable bonds is 5. The number of hydrogen-bond acceptors (Lipinski definition) is 5. The molecule has 2 aromatic carbocycles. The molecule has 4 rings (SSSR count). The highest BCUT2D eigenvalue weighted by atomic mass is 16.5. The molecule has 27 heavy (non-hydrogen) atoms. The second-order valence-corrected chi connectivity index (χ2v) is 6.47. The predicted octanol–water partition coefficient (Wildman–Crippen LogP) is 4.09. The summed E-state index contributed by atoms with van der Waals surface area (Å²) in [5, 5.41) is 2.86. The second-order valence-electron chi connectivity index (χ2n) is 6.47. The standard InChI is InChI=1S/C21H21N3O3/c1-26-17-8-4-15(5-9-17)6-11-20(25)22-16-7-10-19-18(14-16)23-21(27-19)24-12-2-3-13-24/h4-11,14H,2-3,12-13H2,1H3,(H,22,25)/b11-6+. The molecule has 1 aliphatic heterocycles. The number of fused-ring (bicyclic) bond motifs is 1. The number of aromatic nitrogens is 1. The van der Waals surface area contributed by atoms with Crippen LogP contribution in [0.2, 0.25) is 0 Å². The first-order chi connectivity index (χ1) is 13.2. The molecule has 1 amide bonds. The molecule has 0 unspecified atom stereocenters. The number of ether oxygens (including phenoxy) is 1. The number of carbonyl (C=O) groups is 1. The maximum absolute atomic E-state index is 12.2. The molecule has 0 radical (unpaired) electrons. The Morgan fingerprint density at radius 1 is 1.19 bits per heavy atom. The van der Waals surface area contributed by atoms with E-state index >= 15 is 0 Å². The van der Waals surface area contributed by atoms with E-state index in [-0.39, 0.29) is 5.91 Å². The molecule has 1 aliphatic rings. The Morgan fingerprint density at radius 2 is 1.96 bits per heavy atom. The molecule has 0 bridgehead atoms. The minimum absolute atomic E-state index is 0.201. The van der Waals surface area contributed by atoms with Crippen LogP contribution in [0.15, 0.2) is 53.0 Å². The van der Waals surface area contributed by atoms with E-state index in [2.05, 4.69) is 15.2 Å². The van der Waals surface area contributed by atoms with Gasteiger partial charge in [-0.1, -0.05) is 12.1 Å². The molecule has 1 fully saturated rings. The van der Waals surface area contributed by atoms with E-state index in [9.17, 15) is 4.79 Å². The Kier molecular flexibility index (Phi) is 4.78. The first-order valence-corrected chi connectivity index (χ1v) is 9.00. The Hall–Kier alpha value is -3.28. The molecule has 2 heterocycles. The average molecular weight is 363 g/mol. The van der Waals surface area contributed by atoms with Crippen molar-refractivity contribution in [1.29, 1.82) is 0 Å².